The summed E-state index contributed by atoms with van der Waals surface area (Å²) in [6, 6.07) is 15.6. The van der Waals surface area contributed by atoms with E-state index < -0.39 is 0 Å². The molecule has 2 amide bonds. The molecule has 1 atom stereocenters. The summed E-state index contributed by atoms with van der Waals surface area (Å²) >= 11 is 0. The van der Waals surface area contributed by atoms with Crippen LogP contribution in [0.25, 0.3) is 11.0 Å². The van der Waals surface area contributed by atoms with E-state index in [9.17, 15) is 9.59 Å². The van der Waals surface area contributed by atoms with Gasteiger partial charge in [0, 0.05) is 44.1 Å². The highest BCUT2D eigenvalue weighted by atomic mass is 16.2. The molecule has 7 nitrogen and oxygen atoms in total. The van der Waals surface area contributed by atoms with Crippen LogP contribution in [0.15, 0.2) is 48.5 Å². The molecule has 2 aromatic carbocycles. The van der Waals surface area contributed by atoms with E-state index >= 15 is 0 Å². The summed E-state index contributed by atoms with van der Waals surface area (Å²) in [6.07, 6.45) is 1.34. The van der Waals surface area contributed by atoms with Gasteiger partial charge in [-0.05, 0) is 37.1 Å². The normalized spacial score (nSPS) is 16.5. The molecule has 0 radical (unpaired) electrons. The maximum Gasteiger partial charge on any atom is 0.251 e. The number of hydrogen-bond acceptors (Lipinski definition) is 4. The zero-order valence-electron chi connectivity index (χ0n) is 16.5. The first kappa shape index (κ1) is 19.1. The van der Waals surface area contributed by atoms with Crippen molar-refractivity contribution in [3.8, 4) is 0 Å². The highest BCUT2D eigenvalue weighted by molar-refractivity contribution is 5.97. The number of aromatic nitrogens is 3. The van der Waals surface area contributed by atoms with Crippen LogP contribution in [-0.4, -0.2) is 51.3 Å². The molecule has 1 saturated heterocycles. The number of aryl methyl sites for hydroxylation is 1. The molecular formula is C22H25N5O2. The van der Waals surface area contributed by atoms with Crippen molar-refractivity contribution < 1.29 is 9.59 Å². The average Bonchev–Trinajstić information content (AvgIpc) is 3.33. The molecule has 7 heteroatoms. The average molecular weight is 391 g/mol. The Morgan fingerprint density at radius 2 is 2.03 bits per heavy atom. The minimum Gasteiger partial charge on any atom is -0.352 e. The first-order chi connectivity index (χ1) is 14.1. The van der Waals surface area contributed by atoms with E-state index in [2.05, 4.69) is 27.8 Å². The van der Waals surface area contributed by atoms with Gasteiger partial charge in [0.1, 0.15) is 5.52 Å². The van der Waals surface area contributed by atoms with Gasteiger partial charge < -0.3 is 10.2 Å². The lowest BCUT2D eigenvalue weighted by atomic mass is 10.1. The molecule has 0 bridgehead atoms. The van der Waals surface area contributed by atoms with Gasteiger partial charge in [-0.3, -0.25) is 9.59 Å². The fraction of sp³-hybridized carbons (Fsp3) is 0.364. The van der Waals surface area contributed by atoms with Crippen LogP contribution in [0.3, 0.4) is 0 Å². The van der Waals surface area contributed by atoms with Gasteiger partial charge in [-0.25, -0.2) is 4.68 Å². The number of rotatable bonds is 7. The van der Waals surface area contributed by atoms with Gasteiger partial charge in [0.05, 0.1) is 5.52 Å². The van der Waals surface area contributed by atoms with Crippen LogP contribution < -0.4 is 5.32 Å². The van der Waals surface area contributed by atoms with Crippen LogP contribution in [0.4, 0.5) is 0 Å². The zero-order valence-corrected chi connectivity index (χ0v) is 16.5. The number of amides is 2. The van der Waals surface area contributed by atoms with E-state index in [0.717, 1.165) is 25.0 Å². The second kappa shape index (κ2) is 8.43. The number of nitrogens with zero attached hydrogens (tertiary/aromatic N) is 4. The smallest absolute Gasteiger partial charge is 0.251 e. The predicted molar refractivity (Wildman–Crippen MR) is 110 cm³/mol. The summed E-state index contributed by atoms with van der Waals surface area (Å²) in [5.74, 6) is 0.165. The molecule has 1 aliphatic heterocycles. The Morgan fingerprint density at radius 1 is 1.21 bits per heavy atom. The lowest BCUT2D eigenvalue weighted by molar-refractivity contribution is -0.127. The fourth-order valence-corrected chi connectivity index (χ4v) is 3.80. The van der Waals surface area contributed by atoms with Crippen molar-refractivity contribution in [3.05, 3.63) is 59.7 Å². The molecule has 150 valence electrons. The van der Waals surface area contributed by atoms with E-state index in [0.29, 0.717) is 30.6 Å². The molecule has 1 fully saturated rings. The second-order valence-electron chi connectivity index (χ2n) is 7.46. The molecule has 0 spiro atoms. The molecule has 1 aromatic heterocycles. The number of fused-ring (bicyclic) bond motifs is 1. The van der Waals surface area contributed by atoms with Gasteiger partial charge in [0.25, 0.3) is 5.91 Å². The molecular weight excluding hydrogens is 366 g/mol. The van der Waals surface area contributed by atoms with E-state index in [-0.39, 0.29) is 17.7 Å². The van der Waals surface area contributed by atoms with Gasteiger partial charge in [-0.2, -0.15) is 0 Å². The van der Waals surface area contributed by atoms with Crippen molar-refractivity contribution in [1.82, 2.24) is 25.2 Å². The number of benzene rings is 2. The number of nitrogens with one attached hydrogen (secondary N) is 1. The maximum absolute atomic E-state index is 12.5. The van der Waals surface area contributed by atoms with Crippen LogP contribution in [0.2, 0.25) is 0 Å². The predicted octanol–water partition coefficient (Wildman–Crippen LogP) is 2.27. The van der Waals surface area contributed by atoms with Gasteiger partial charge >= 0.3 is 0 Å². The highest BCUT2D eigenvalue weighted by Crippen LogP contribution is 2.18. The molecule has 29 heavy (non-hydrogen) atoms. The minimum absolute atomic E-state index is 0.145. The Labute approximate surface area is 169 Å². The molecule has 1 N–H and O–H groups in total. The van der Waals surface area contributed by atoms with Crippen molar-refractivity contribution in [2.75, 3.05) is 19.6 Å². The van der Waals surface area contributed by atoms with E-state index in [1.54, 1.807) is 16.8 Å². The van der Waals surface area contributed by atoms with Crippen molar-refractivity contribution in [2.45, 2.75) is 26.3 Å². The van der Waals surface area contributed by atoms with Crippen LogP contribution in [0, 0.1) is 5.92 Å². The van der Waals surface area contributed by atoms with Crippen LogP contribution in [-0.2, 0) is 17.8 Å². The van der Waals surface area contributed by atoms with Crippen molar-refractivity contribution in [2.24, 2.45) is 5.92 Å². The second-order valence-corrected chi connectivity index (χ2v) is 7.46. The van der Waals surface area contributed by atoms with E-state index in [4.69, 9.17) is 0 Å². The Hall–Kier alpha value is -3.22. The monoisotopic (exact) mass is 391 g/mol. The fourth-order valence-electron chi connectivity index (χ4n) is 3.80. The summed E-state index contributed by atoms with van der Waals surface area (Å²) in [7, 11) is 0. The number of likely N-dealkylation sites (tertiary alicyclic amines) is 1. The van der Waals surface area contributed by atoms with E-state index in [1.807, 2.05) is 36.1 Å². The van der Waals surface area contributed by atoms with Gasteiger partial charge in [0.2, 0.25) is 5.91 Å². The Morgan fingerprint density at radius 3 is 2.83 bits per heavy atom. The van der Waals surface area contributed by atoms with Crippen LogP contribution in [0.5, 0.6) is 0 Å². The molecule has 3 aromatic rings. The van der Waals surface area contributed by atoms with Crippen LogP contribution >= 0.6 is 0 Å². The molecule has 2 heterocycles. The lowest BCUT2D eigenvalue weighted by Gasteiger charge is -2.17. The highest BCUT2D eigenvalue weighted by Gasteiger charge is 2.29. The summed E-state index contributed by atoms with van der Waals surface area (Å²) in [5, 5.41) is 11.2. The van der Waals surface area contributed by atoms with Gasteiger partial charge in [0.15, 0.2) is 0 Å². The summed E-state index contributed by atoms with van der Waals surface area (Å²) in [5.41, 5.74) is 3.42. The van der Waals surface area contributed by atoms with Gasteiger partial charge in [-0.1, -0.05) is 35.5 Å². The largest absolute Gasteiger partial charge is 0.352 e. The third kappa shape index (κ3) is 4.29. The summed E-state index contributed by atoms with van der Waals surface area (Å²) in [4.78, 5) is 26.7. The maximum atomic E-state index is 12.5. The third-order valence-corrected chi connectivity index (χ3v) is 5.43. The summed E-state index contributed by atoms with van der Waals surface area (Å²) < 4.78 is 1.80. The first-order valence-corrected chi connectivity index (χ1v) is 10.1. The van der Waals surface area contributed by atoms with Gasteiger partial charge in [-0.15, -0.1) is 5.10 Å². The molecule has 4 rings (SSSR count). The van der Waals surface area contributed by atoms with Crippen molar-refractivity contribution in [1.29, 1.82) is 0 Å². The lowest BCUT2D eigenvalue weighted by Crippen LogP contribution is -2.32. The molecule has 1 unspecified atom stereocenters. The summed E-state index contributed by atoms with van der Waals surface area (Å²) in [6.45, 7) is 4.64. The number of carbonyl (C=O) groups is 2. The number of hydrogen-bond donors (Lipinski definition) is 1. The Kier molecular flexibility index (Phi) is 5.55. The minimum atomic E-state index is -0.145. The topological polar surface area (TPSA) is 80.1 Å². The molecule has 0 aliphatic carbocycles. The SMILES string of the molecule is CCn1nnc2cc(C(=O)NCC3CC(=O)N(CCc4ccccc4)C3)ccc21. The van der Waals surface area contributed by atoms with Crippen molar-refractivity contribution in [3.63, 3.8) is 0 Å². The Balaban J connectivity index is 1.30. The standard InChI is InChI=1S/C22H25N5O2/c1-2-27-20-9-8-18(13-19(20)24-25-27)22(29)23-14-17-12-21(28)26(15-17)11-10-16-6-4-3-5-7-16/h3-9,13,17H,2,10-12,14-15H2,1H3,(H,23,29). The zero-order chi connectivity index (χ0) is 20.2. The number of carbonyl (C=O) groups excluding carboxylic acids is 2. The third-order valence-electron chi connectivity index (χ3n) is 5.43. The first-order valence-electron chi connectivity index (χ1n) is 10.1. The Bertz CT molecular complexity index is 1010. The van der Waals surface area contributed by atoms with Crippen molar-refractivity contribution >= 4 is 22.8 Å². The van der Waals surface area contributed by atoms with E-state index in [1.165, 1.54) is 5.56 Å². The quantitative estimate of drug-likeness (QED) is 0.670. The van der Waals surface area contributed by atoms with Crippen LogP contribution in [0.1, 0.15) is 29.3 Å². The molecule has 1 aliphatic rings. The molecule has 0 saturated carbocycles.